The van der Waals surface area contributed by atoms with Crippen molar-refractivity contribution in [3.8, 4) is 0 Å². The Kier molecular flexibility index (Phi) is 2.02. The van der Waals surface area contributed by atoms with Crippen LogP contribution in [0.2, 0.25) is 5.82 Å². The van der Waals surface area contributed by atoms with Crippen LogP contribution in [0.4, 0.5) is 0 Å². The molecule has 0 N–H and O–H groups in total. The van der Waals surface area contributed by atoms with Crippen LogP contribution in [0.15, 0.2) is 0 Å². The van der Waals surface area contributed by atoms with Gasteiger partial charge in [-0.25, -0.2) is 0 Å². The third kappa shape index (κ3) is 0.879. The van der Waals surface area contributed by atoms with Crippen LogP contribution in [0.25, 0.3) is 0 Å². The first kappa shape index (κ1) is 8.99. The molecule has 0 aromatic rings. The molecule has 0 nitrogen and oxygen atoms in total. The van der Waals surface area contributed by atoms with Crippen LogP contribution in [-0.4, -0.2) is 18.3 Å². The van der Waals surface area contributed by atoms with Gasteiger partial charge in [0.15, 0.2) is 0 Å². The molecular weight excluding hydrogens is 163 g/mol. The molecule has 1 aliphatic heterocycles. The summed E-state index contributed by atoms with van der Waals surface area (Å²) in [5, 5.41) is 1.59. The van der Waals surface area contributed by atoms with E-state index in [1.54, 1.807) is 0 Å². The molecule has 1 saturated carbocycles. The van der Waals surface area contributed by atoms with Crippen molar-refractivity contribution in [2.24, 2.45) is 11.3 Å². The summed E-state index contributed by atoms with van der Waals surface area (Å²) in [6.07, 6.45) is 2.58. The van der Waals surface area contributed by atoms with Crippen LogP contribution in [0.1, 0.15) is 33.6 Å². The fourth-order valence-corrected chi connectivity index (χ4v) is 5.34. The Labute approximate surface area is 81.3 Å². The first-order valence-corrected chi connectivity index (χ1v) is 5.97. The van der Waals surface area contributed by atoms with E-state index in [9.17, 15) is 0 Å². The summed E-state index contributed by atoms with van der Waals surface area (Å²) in [4.78, 5) is 0. The SMILES string of the molecule is [B][C@@H]1C[C@@]2(CC)C(C)S[C@H]1C2C. The summed E-state index contributed by atoms with van der Waals surface area (Å²) in [5.41, 5.74) is 0.578. The molecule has 0 spiro atoms. The Morgan fingerprint density at radius 2 is 2.17 bits per heavy atom. The van der Waals surface area contributed by atoms with Gasteiger partial charge in [0.1, 0.15) is 0 Å². The molecule has 2 rings (SSSR count). The number of rotatable bonds is 1. The first-order valence-electron chi connectivity index (χ1n) is 5.03. The summed E-state index contributed by atoms with van der Waals surface area (Å²) in [5.74, 6) is 1.32. The van der Waals surface area contributed by atoms with Crippen LogP contribution in [-0.2, 0) is 0 Å². The molecule has 1 heterocycles. The van der Waals surface area contributed by atoms with E-state index in [4.69, 9.17) is 7.85 Å². The fourth-order valence-electron chi connectivity index (χ4n) is 3.32. The van der Waals surface area contributed by atoms with E-state index in [0.717, 1.165) is 16.4 Å². The van der Waals surface area contributed by atoms with Gasteiger partial charge in [-0.1, -0.05) is 33.0 Å². The molecule has 2 aliphatic rings. The van der Waals surface area contributed by atoms with Gasteiger partial charge < -0.3 is 0 Å². The monoisotopic (exact) mass is 180 g/mol. The van der Waals surface area contributed by atoms with E-state index in [2.05, 4.69) is 32.5 Å². The molecule has 2 unspecified atom stereocenters. The topological polar surface area (TPSA) is 0 Å². The molecule has 1 saturated heterocycles. The second-order valence-corrected chi connectivity index (χ2v) is 6.01. The standard InChI is InChI=1S/C10H17BS/c1-4-10-5-8(11)9(6(10)2)12-7(10)3/h6-9H,4-5H2,1-3H3/t6?,7?,8-,9+,10-/m1/s1. The van der Waals surface area contributed by atoms with E-state index < -0.39 is 0 Å². The van der Waals surface area contributed by atoms with Gasteiger partial charge in [0.05, 0.1) is 7.85 Å². The Morgan fingerprint density at radius 3 is 2.50 bits per heavy atom. The minimum absolute atomic E-state index is 0.473. The summed E-state index contributed by atoms with van der Waals surface area (Å²) in [7, 11) is 6.11. The van der Waals surface area contributed by atoms with Gasteiger partial charge in [-0.15, -0.1) is 0 Å². The zero-order valence-electron chi connectivity index (χ0n) is 8.21. The van der Waals surface area contributed by atoms with Gasteiger partial charge in [0.2, 0.25) is 0 Å². The lowest BCUT2D eigenvalue weighted by molar-refractivity contribution is 0.220. The van der Waals surface area contributed by atoms with Crippen molar-refractivity contribution >= 4 is 19.6 Å². The maximum atomic E-state index is 6.11. The van der Waals surface area contributed by atoms with E-state index in [1.807, 2.05) is 0 Å². The predicted molar refractivity (Wildman–Crippen MR) is 56.9 cm³/mol. The fraction of sp³-hybridized carbons (Fsp3) is 1.00. The molecule has 0 aromatic carbocycles. The lowest BCUT2D eigenvalue weighted by atomic mass is 9.73. The van der Waals surface area contributed by atoms with Crippen LogP contribution in [0.5, 0.6) is 0 Å². The molecule has 1 aliphatic carbocycles. The zero-order valence-corrected chi connectivity index (χ0v) is 9.03. The zero-order chi connectivity index (χ0) is 8.93. The van der Waals surface area contributed by atoms with Crippen molar-refractivity contribution in [3.63, 3.8) is 0 Å². The third-order valence-corrected chi connectivity index (χ3v) is 6.22. The average Bonchev–Trinajstić information content (AvgIpc) is 2.41. The minimum atomic E-state index is 0.473. The summed E-state index contributed by atoms with van der Waals surface area (Å²) in [6, 6.07) is 0. The van der Waals surface area contributed by atoms with Crippen molar-refractivity contribution in [2.45, 2.75) is 49.9 Å². The highest BCUT2D eigenvalue weighted by Crippen LogP contribution is 2.66. The van der Waals surface area contributed by atoms with Crippen molar-refractivity contribution in [2.75, 3.05) is 0 Å². The highest BCUT2D eigenvalue weighted by atomic mass is 32.2. The maximum Gasteiger partial charge on any atom is 0.0714 e. The number of hydrogen-bond acceptors (Lipinski definition) is 1. The molecule has 0 aromatic heterocycles. The lowest BCUT2D eigenvalue weighted by Gasteiger charge is -2.35. The van der Waals surface area contributed by atoms with Crippen molar-refractivity contribution in [1.82, 2.24) is 0 Å². The largest absolute Gasteiger partial charge is 0.155 e. The second-order valence-electron chi connectivity index (χ2n) is 4.49. The quantitative estimate of drug-likeness (QED) is 0.559. The first-order chi connectivity index (χ1) is 5.62. The minimum Gasteiger partial charge on any atom is -0.155 e. The Balaban J connectivity index is 2.30. The Morgan fingerprint density at radius 1 is 1.50 bits per heavy atom. The van der Waals surface area contributed by atoms with Crippen molar-refractivity contribution < 1.29 is 0 Å². The van der Waals surface area contributed by atoms with E-state index >= 15 is 0 Å². The van der Waals surface area contributed by atoms with E-state index in [0.29, 0.717) is 11.2 Å². The molecule has 2 heteroatoms. The molecule has 12 heavy (non-hydrogen) atoms. The van der Waals surface area contributed by atoms with Gasteiger partial charge in [-0.2, -0.15) is 11.8 Å². The second kappa shape index (κ2) is 2.70. The van der Waals surface area contributed by atoms with Crippen LogP contribution < -0.4 is 0 Å². The Bertz CT molecular complexity index is 194. The number of thioether (sulfide) groups is 1. The molecule has 2 bridgehead atoms. The van der Waals surface area contributed by atoms with Gasteiger partial charge >= 0.3 is 0 Å². The molecule has 2 fully saturated rings. The van der Waals surface area contributed by atoms with Gasteiger partial charge in [0, 0.05) is 10.5 Å². The Hall–Kier alpha value is 0.415. The molecule has 2 radical (unpaired) electrons. The highest BCUT2D eigenvalue weighted by Gasteiger charge is 2.57. The number of fused-ring (bicyclic) bond motifs is 2. The molecule has 0 amide bonds. The lowest BCUT2D eigenvalue weighted by Crippen LogP contribution is -2.29. The number of hydrogen-bond donors (Lipinski definition) is 0. The maximum absolute atomic E-state index is 6.11. The predicted octanol–water partition coefficient (Wildman–Crippen LogP) is 2.88. The molecular formula is C10H17BS. The van der Waals surface area contributed by atoms with Crippen molar-refractivity contribution in [1.29, 1.82) is 0 Å². The van der Waals surface area contributed by atoms with Crippen LogP contribution in [0, 0.1) is 11.3 Å². The third-order valence-electron chi connectivity index (χ3n) is 4.27. The summed E-state index contributed by atoms with van der Waals surface area (Å²) >= 11 is 2.13. The molecule has 5 atom stereocenters. The van der Waals surface area contributed by atoms with Gasteiger partial charge in [-0.3, -0.25) is 0 Å². The smallest absolute Gasteiger partial charge is 0.0714 e. The van der Waals surface area contributed by atoms with Crippen LogP contribution >= 0.6 is 11.8 Å². The summed E-state index contributed by atoms with van der Waals surface area (Å²) < 4.78 is 0. The normalized spacial score (nSPS) is 57.9. The van der Waals surface area contributed by atoms with Crippen molar-refractivity contribution in [3.05, 3.63) is 0 Å². The average molecular weight is 180 g/mol. The van der Waals surface area contributed by atoms with Crippen LogP contribution in [0.3, 0.4) is 0 Å². The van der Waals surface area contributed by atoms with Gasteiger partial charge in [0.25, 0.3) is 0 Å². The van der Waals surface area contributed by atoms with E-state index in [-0.39, 0.29) is 0 Å². The van der Waals surface area contributed by atoms with Gasteiger partial charge in [-0.05, 0) is 17.8 Å². The molecule has 66 valence electrons. The van der Waals surface area contributed by atoms with E-state index in [1.165, 1.54) is 12.8 Å². The highest BCUT2D eigenvalue weighted by molar-refractivity contribution is 8.01. The summed E-state index contributed by atoms with van der Waals surface area (Å²) in [6.45, 7) is 7.11.